The van der Waals surface area contributed by atoms with E-state index in [1.165, 1.54) is 23.1 Å². The number of aliphatic imine (C=N–C) groups is 1. The summed E-state index contributed by atoms with van der Waals surface area (Å²) in [7, 11) is 0. The highest BCUT2D eigenvalue weighted by Crippen LogP contribution is 2.49. The van der Waals surface area contributed by atoms with Crippen molar-refractivity contribution < 1.29 is 19.4 Å². The van der Waals surface area contributed by atoms with Crippen LogP contribution < -0.4 is 5.32 Å². The minimum Gasteiger partial charge on any atom is -0.393 e. The Morgan fingerprint density at radius 2 is 1.94 bits per heavy atom. The van der Waals surface area contributed by atoms with E-state index >= 15 is 0 Å². The van der Waals surface area contributed by atoms with Crippen LogP contribution in [0.2, 0.25) is 0 Å². The number of thioether (sulfide) groups is 1. The zero-order valence-electron chi connectivity index (χ0n) is 19.4. The summed E-state index contributed by atoms with van der Waals surface area (Å²) in [4.78, 5) is 22.5. The van der Waals surface area contributed by atoms with Crippen LogP contribution in [0.4, 0.5) is 0 Å². The predicted octanol–water partition coefficient (Wildman–Crippen LogP) is 4.62. The van der Waals surface area contributed by atoms with Crippen LogP contribution in [0.15, 0.2) is 75.6 Å². The molecule has 0 spiro atoms. The third kappa shape index (κ3) is 5.44. The first-order valence-corrected chi connectivity index (χ1v) is 14.2. The van der Waals surface area contributed by atoms with Crippen molar-refractivity contribution in [2.45, 2.75) is 24.2 Å². The molecule has 3 atom stereocenters. The van der Waals surface area contributed by atoms with Crippen molar-refractivity contribution >= 4 is 50.1 Å². The third-order valence-corrected chi connectivity index (χ3v) is 9.24. The van der Waals surface area contributed by atoms with Crippen LogP contribution in [-0.4, -0.2) is 52.3 Å². The molecule has 0 unspecified atom stereocenters. The molecule has 2 aromatic carbocycles. The van der Waals surface area contributed by atoms with E-state index < -0.39 is 11.1 Å². The average molecular weight is 589 g/mol. The number of fused-ring (bicyclic) bond motifs is 1. The Kier molecular flexibility index (Phi) is 7.90. The van der Waals surface area contributed by atoms with Gasteiger partial charge in [0, 0.05) is 22.6 Å². The van der Waals surface area contributed by atoms with Crippen molar-refractivity contribution in [2.75, 3.05) is 25.6 Å². The summed E-state index contributed by atoms with van der Waals surface area (Å²) < 4.78 is 13.1. The largest absolute Gasteiger partial charge is 0.393 e. The topological polar surface area (TPSA) is 93.0 Å². The molecule has 1 aromatic heterocycles. The van der Waals surface area contributed by atoms with E-state index in [0.29, 0.717) is 29.5 Å². The van der Waals surface area contributed by atoms with Crippen molar-refractivity contribution in [3.63, 3.8) is 0 Å². The number of hydrogen-bond acceptors (Lipinski definition) is 8. The number of halogens is 1. The van der Waals surface area contributed by atoms with Gasteiger partial charge in [0.2, 0.25) is 0 Å². The quantitative estimate of drug-likeness (QED) is 0.419. The maximum absolute atomic E-state index is 12.8. The van der Waals surface area contributed by atoms with Gasteiger partial charge in [-0.2, -0.15) is 0 Å². The fourth-order valence-corrected chi connectivity index (χ4v) is 7.12. The molecule has 0 radical (unpaired) electrons. The number of carbonyl (C=O) groups excluding carboxylic acids is 1. The van der Waals surface area contributed by atoms with Crippen LogP contribution in [0.5, 0.6) is 0 Å². The van der Waals surface area contributed by atoms with Gasteiger partial charge in [0.25, 0.3) is 5.91 Å². The third-order valence-electron chi connectivity index (χ3n) is 6.48. The number of rotatable bonds is 7. The molecule has 3 aromatic rings. The van der Waals surface area contributed by atoms with E-state index in [1.807, 2.05) is 53.9 Å². The van der Waals surface area contributed by atoms with Gasteiger partial charge >= 0.3 is 0 Å². The highest BCUT2D eigenvalue weighted by atomic mass is 79.9. The van der Waals surface area contributed by atoms with Gasteiger partial charge in [-0.3, -0.25) is 4.79 Å². The van der Waals surface area contributed by atoms with Crippen molar-refractivity contribution in [1.82, 2.24) is 10.3 Å². The van der Waals surface area contributed by atoms with Crippen LogP contribution in [0.25, 0.3) is 0 Å². The van der Waals surface area contributed by atoms with Crippen LogP contribution in [-0.2, 0) is 21.6 Å². The summed E-state index contributed by atoms with van der Waals surface area (Å²) in [6.07, 6.45) is 0.561. The number of aromatic nitrogens is 1. The molecular weight excluding hydrogens is 562 g/mol. The average Bonchev–Trinajstić information content (AvgIpc) is 3.36. The van der Waals surface area contributed by atoms with Crippen molar-refractivity contribution in [3.05, 3.63) is 86.8 Å². The molecule has 10 heteroatoms. The minimum atomic E-state index is -0.821. The Bertz CT molecular complexity index is 1230. The number of nitrogens with one attached hydrogen (secondary N) is 1. The van der Waals surface area contributed by atoms with E-state index in [4.69, 9.17) is 14.5 Å². The molecule has 2 N–H and O–H groups in total. The highest BCUT2D eigenvalue weighted by Gasteiger charge is 2.54. The Morgan fingerprint density at radius 1 is 1.19 bits per heavy atom. The SMILES string of the molecule is O=C(NC1=N[C@@]2(c3nc(Br)cs3)CO[C@](CO)(COCc3ccccc3)C[C@H]2CS1)c1ccccc1. The van der Waals surface area contributed by atoms with Gasteiger partial charge in [-0.05, 0) is 40.0 Å². The Balaban J connectivity index is 1.36. The number of aliphatic hydroxyl groups excluding tert-OH is 1. The smallest absolute Gasteiger partial charge is 0.257 e. The first-order valence-electron chi connectivity index (χ1n) is 11.6. The van der Waals surface area contributed by atoms with E-state index in [0.717, 1.165) is 15.2 Å². The lowest BCUT2D eigenvalue weighted by Gasteiger charge is -2.49. The number of benzene rings is 2. The monoisotopic (exact) mass is 587 g/mol. The van der Waals surface area contributed by atoms with Crippen molar-refractivity contribution in [3.8, 4) is 0 Å². The summed E-state index contributed by atoms with van der Waals surface area (Å²) in [5.74, 6) is 0.542. The first-order chi connectivity index (χ1) is 17.5. The maximum atomic E-state index is 12.8. The van der Waals surface area contributed by atoms with E-state index in [9.17, 15) is 9.90 Å². The van der Waals surface area contributed by atoms with Crippen LogP contribution in [0, 0.1) is 5.92 Å². The molecule has 188 valence electrons. The lowest BCUT2D eigenvalue weighted by atomic mass is 9.76. The van der Waals surface area contributed by atoms with Gasteiger partial charge in [0.1, 0.15) is 20.8 Å². The molecule has 7 nitrogen and oxygen atoms in total. The second-order valence-corrected chi connectivity index (χ2v) is 11.6. The van der Waals surface area contributed by atoms with E-state index in [-0.39, 0.29) is 31.6 Å². The predicted molar refractivity (Wildman–Crippen MR) is 145 cm³/mol. The summed E-state index contributed by atoms with van der Waals surface area (Å²) in [6, 6.07) is 19.0. The second kappa shape index (κ2) is 11.1. The summed E-state index contributed by atoms with van der Waals surface area (Å²) in [6.45, 7) is 0.808. The number of ether oxygens (including phenoxy) is 2. The number of amides is 1. The molecule has 0 bridgehead atoms. The van der Waals surface area contributed by atoms with Crippen LogP contribution >= 0.6 is 39.0 Å². The second-order valence-electron chi connectivity index (χ2n) is 8.96. The molecule has 2 aliphatic heterocycles. The molecule has 0 aliphatic carbocycles. The fourth-order valence-electron chi connectivity index (χ4n) is 4.52. The number of aliphatic hydroxyl groups is 1. The Labute approximate surface area is 226 Å². The minimum absolute atomic E-state index is 0.0409. The number of thiazole rings is 1. The lowest BCUT2D eigenvalue weighted by Crippen LogP contribution is -2.58. The number of carbonyl (C=O) groups is 1. The number of nitrogens with zero attached hydrogens (tertiary/aromatic N) is 2. The van der Waals surface area contributed by atoms with Crippen molar-refractivity contribution in [2.24, 2.45) is 10.9 Å². The molecule has 36 heavy (non-hydrogen) atoms. The normalized spacial score (nSPS) is 25.6. The van der Waals surface area contributed by atoms with Gasteiger partial charge in [-0.15, -0.1) is 11.3 Å². The van der Waals surface area contributed by atoms with Gasteiger partial charge in [0.05, 0.1) is 26.4 Å². The molecular formula is C26H26BrN3O4S2. The molecule has 0 saturated carbocycles. The standard InChI is InChI=1S/C26H26BrN3O4S2/c27-21-14-35-23(28-21)26-17-34-25(15-31,16-33-12-18-7-3-1-4-8-18)11-20(26)13-36-24(30-26)29-22(32)19-9-5-2-6-10-19/h1-10,14,20,31H,11-13,15-17H2,(H,29,30,32)/t20-,25+,26-/m0/s1. The lowest BCUT2D eigenvalue weighted by molar-refractivity contribution is -0.181. The Hall–Kier alpha value is -2.08. The number of amidine groups is 1. The Morgan fingerprint density at radius 3 is 2.64 bits per heavy atom. The molecule has 1 fully saturated rings. The first kappa shape index (κ1) is 25.6. The summed E-state index contributed by atoms with van der Waals surface area (Å²) in [5.41, 5.74) is 0.0706. The van der Waals surface area contributed by atoms with Gasteiger partial charge in [-0.25, -0.2) is 9.98 Å². The zero-order chi connectivity index (χ0) is 25.0. The fraction of sp³-hybridized carbons (Fsp3) is 0.346. The molecule has 1 amide bonds. The number of hydrogen-bond donors (Lipinski definition) is 2. The zero-order valence-corrected chi connectivity index (χ0v) is 22.7. The maximum Gasteiger partial charge on any atom is 0.257 e. The molecule has 5 rings (SSSR count). The van der Waals surface area contributed by atoms with Gasteiger partial charge < -0.3 is 19.9 Å². The van der Waals surface area contributed by atoms with E-state index in [2.05, 4.69) is 26.2 Å². The summed E-state index contributed by atoms with van der Waals surface area (Å²) in [5, 5.41) is 16.6. The van der Waals surface area contributed by atoms with Crippen LogP contribution in [0.1, 0.15) is 27.3 Å². The van der Waals surface area contributed by atoms with Gasteiger partial charge in [0.15, 0.2) is 5.17 Å². The van der Waals surface area contributed by atoms with E-state index in [1.54, 1.807) is 12.1 Å². The van der Waals surface area contributed by atoms with Crippen LogP contribution in [0.3, 0.4) is 0 Å². The highest BCUT2D eigenvalue weighted by molar-refractivity contribution is 9.10. The molecule has 2 aliphatic rings. The van der Waals surface area contributed by atoms with Gasteiger partial charge in [-0.1, -0.05) is 60.3 Å². The van der Waals surface area contributed by atoms with Crippen molar-refractivity contribution in [1.29, 1.82) is 0 Å². The summed E-state index contributed by atoms with van der Waals surface area (Å²) >= 11 is 6.49. The molecule has 3 heterocycles. The molecule has 1 saturated heterocycles.